The summed E-state index contributed by atoms with van der Waals surface area (Å²) in [6.07, 6.45) is 4.60. The highest BCUT2D eigenvalue weighted by molar-refractivity contribution is 5.77. The van der Waals surface area contributed by atoms with E-state index in [9.17, 15) is 4.79 Å². The molecule has 2 heterocycles. The smallest absolute Gasteiger partial charge is 0.224 e. The third kappa shape index (κ3) is 2.37. The summed E-state index contributed by atoms with van der Waals surface area (Å²) < 4.78 is 0. The Morgan fingerprint density at radius 1 is 1.50 bits per heavy atom. The Balaban J connectivity index is 1.98. The minimum Gasteiger partial charge on any atom is -0.338 e. The van der Waals surface area contributed by atoms with Gasteiger partial charge in [0, 0.05) is 31.9 Å². The van der Waals surface area contributed by atoms with Crippen LogP contribution in [0.5, 0.6) is 0 Å². The topological polar surface area (TPSA) is 57.0 Å². The average molecular weight is 215 g/mol. The van der Waals surface area contributed by atoms with Crippen molar-refractivity contribution in [1.29, 1.82) is 5.26 Å². The zero-order chi connectivity index (χ0) is 11.4. The van der Waals surface area contributed by atoms with Crippen LogP contribution >= 0.6 is 0 Å². The molecule has 1 aliphatic rings. The number of rotatable bonds is 2. The van der Waals surface area contributed by atoms with Crippen molar-refractivity contribution in [3.05, 3.63) is 30.1 Å². The number of nitriles is 1. The van der Waals surface area contributed by atoms with Crippen molar-refractivity contribution in [2.45, 2.75) is 19.4 Å². The van der Waals surface area contributed by atoms with Gasteiger partial charge >= 0.3 is 0 Å². The van der Waals surface area contributed by atoms with Crippen LogP contribution in [0.15, 0.2) is 24.5 Å². The Morgan fingerprint density at radius 3 is 2.88 bits per heavy atom. The van der Waals surface area contributed by atoms with Crippen LogP contribution in [-0.2, 0) is 11.3 Å². The Morgan fingerprint density at radius 2 is 2.25 bits per heavy atom. The lowest BCUT2D eigenvalue weighted by molar-refractivity contribution is -0.134. The van der Waals surface area contributed by atoms with Gasteiger partial charge in [-0.05, 0) is 24.1 Å². The fourth-order valence-corrected chi connectivity index (χ4v) is 1.86. The average Bonchev–Trinajstić information content (AvgIpc) is 2.33. The van der Waals surface area contributed by atoms with Gasteiger partial charge in [-0.25, -0.2) is 0 Å². The van der Waals surface area contributed by atoms with Gasteiger partial charge < -0.3 is 4.90 Å². The normalized spacial score (nSPS) is 20.6. The van der Waals surface area contributed by atoms with Gasteiger partial charge in [0.1, 0.15) is 0 Å². The summed E-state index contributed by atoms with van der Waals surface area (Å²) in [6, 6.07) is 5.97. The molecular formula is C12H13N3O. The number of nitrogens with zero attached hydrogens (tertiary/aromatic N) is 3. The molecule has 0 aliphatic carbocycles. The first-order valence-electron chi connectivity index (χ1n) is 5.36. The summed E-state index contributed by atoms with van der Waals surface area (Å²) in [5.41, 5.74) is 1.08. The van der Waals surface area contributed by atoms with Gasteiger partial charge in [0.05, 0.1) is 12.0 Å². The summed E-state index contributed by atoms with van der Waals surface area (Å²) in [5, 5.41) is 8.76. The molecule has 0 radical (unpaired) electrons. The molecule has 1 unspecified atom stereocenters. The van der Waals surface area contributed by atoms with Crippen LogP contribution in [0.3, 0.4) is 0 Å². The van der Waals surface area contributed by atoms with E-state index in [1.54, 1.807) is 12.4 Å². The third-order valence-electron chi connectivity index (χ3n) is 2.83. The number of amides is 1. The van der Waals surface area contributed by atoms with Crippen LogP contribution in [0.2, 0.25) is 0 Å². The van der Waals surface area contributed by atoms with Gasteiger partial charge in [-0.3, -0.25) is 9.78 Å². The predicted molar refractivity (Wildman–Crippen MR) is 58.0 cm³/mol. The van der Waals surface area contributed by atoms with Crippen molar-refractivity contribution in [2.75, 3.05) is 6.54 Å². The van der Waals surface area contributed by atoms with E-state index in [0.29, 0.717) is 19.5 Å². The van der Waals surface area contributed by atoms with Crippen LogP contribution in [0, 0.1) is 17.2 Å². The van der Waals surface area contributed by atoms with Gasteiger partial charge in [0.25, 0.3) is 0 Å². The lowest BCUT2D eigenvalue weighted by Gasteiger charge is -2.29. The number of hydrogen-bond donors (Lipinski definition) is 0. The van der Waals surface area contributed by atoms with Crippen molar-refractivity contribution in [3.8, 4) is 6.07 Å². The molecule has 4 heteroatoms. The van der Waals surface area contributed by atoms with E-state index >= 15 is 0 Å². The molecule has 1 atom stereocenters. The molecule has 16 heavy (non-hydrogen) atoms. The lowest BCUT2D eigenvalue weighted by atomic mass is 9.97. The molecule has 1 saturated heterocycles. The van der Waals surface area contributed by atoms with Crippen molar-refractivity contribution in [1.82, 2.24) is 9.88 Å². The highest BCUT2D eigenvalue weighted by Gasteiger charge is 2.25. The van der Waals surface area contributed by atoms with Crippen LogP contribution in [0.1, 0.15) is 18.4 Å². The molecule has 0 bridgehead atoms. The molecule has 0 N–H and O–H groups in total. The van der Waals surface area contributed by atoms with Gasteiger partial charge in [0.2, 0.25) is 5.91 Å². The summed E-state index contributed by atoms with van der Waals surface area (Å²) in [4.78, 5) is 17.5. The first-order chi connectivity index (χ1) is 7.79. The number of carbonyl (C=O) groups excluding carboxylic acids is 1. The predicted octanol–water partition coefficient (Wildman–Crippen LogP) is 1.34. The minimum absolute atomic E-state index is 0.0783. The SMILES string of the molecule is N#CC1CCN(Cc2ccncc2)C(=O)C1. The van der Waals surface area contributed by atoms with Crippen LogP contribution in [0.25, 0.3) is 0 Å². The number of piperidine rings is 1. The molecule has 1 aromatic heterocycles. The molecule has 1 amide bonds. The second-order valence-corrected chi connectivity index (χ2v) is 3.99. The second-order valence-electron chi connectivity index (χ2n) is 3.99. The van der Waals surface area contributed by atoms with E-state index in [4.69, 9.17) is 5.26 Å². The number of hydrogen-bond acceptors (Lipinski definition) is 3. The van der Waals surface area contributed by atoms with E-state index in [1.165, 1.54) is 0 Å². The van der Waals surface area contributed by atoms with E-state index < -0.39 is 0 Å². The number of pyridine rings is 1. The second kappa shape index (κ2) is 4.75. The summed E-state index contributed by atoms with van der Waals surface area (Å²) in [7, 11) is 0. The Labute approximate surface area is 94.5 Å². The molecule has 82 valence electrons. The number of likely N-dealkylation sites (tertiary alicyclic amines) is 1. The molecule has 0 saturated carbocycles. The Bertz CT molecular complexity index is 410. The van der Waals surface area contributed by atoms with Crippen molar-refractivity contribution >= 4 is 5.91 Å². The summed E-state index contributed by atoms with van der Waals surface area (Å²) in [6.45, 7) is 1.30. The van der Waals surface area contributed by atoms with E-state index in [0.717, 1.165) is 12.0 Å². The molecule has 4 nitrogen and oxygen atoms in total. The van der Waals surface area contributed by atoms with E-state index in [-0.39, 0.29) is 11.8 Å². The largest absolute Gasteiger partial charge is 0.338 e. The third-order valence-corrected chi connectivity index (χ3v) is 2.83. The Hall–Kier alpha value is -1.89. The van der Waals surface area contributed by atoms with Crippen molar-refractivity contribution in [3.63, 3.8) is 0 Å². The number of carbonyl (C=O) groups is 1. The monoisotopic (exact) mass is 215 g/mol. The van der Waals surface area contributed by atoms with E-state index in [1.807, 2.05) is 17.0 Å². The minimum atomic E-state index is -0.0961. The summed E-state index contributed by atoms with van der Waals surface area (Å²) >= 11 is 0. The maximum atomic E-state index is 11.7. The fraction of sp³-hybridized carbons (Fsp3) is 0.417. The lowest BCUT2D eigenvalue weighted by Crippen LogP contribution is -2.37. The van der Waals surface area contributed by atoms with Gasteiger partial charge in [-0.2, -0.15) is 5.26 Å². The highest BCUT2D eigenvalue weighted by atomic mass is 16.2. The molecule has 1 aromatic rings. The molecule has 1 aliphatic heterocycles. The van der Waals surface area contributed by atoms with Gasteiger partial charge in [-0.15, -0.1) is 0 Å². The van der Waals surface area contributed by atoms with Crippen LogP contribution in [-0.4, -0.2) is 22.3 Å². The maximum Gasteiger partial charge on any atom is 0.224 e. The van der Waals surface area contributed by atoms with E-state index in [2.05, 4.69) is 11.1 Å². The standard InChI is InChI=1S/C12H13N3O/c13-8-11-3-6-15(12(16)7-11)9-10-1-4-14-5-2-10/h1-2,4-5,11H,3,6-7,9H2. The van der Waals surface area contributed by atoms with Crippen LogP contribution in [0.4, 0.5) is 0 Å². The fourth-order valence-electron chi connectivity index (χ4n) is 1.86. The first-order valence-corrected chi connectivity index (χ1v) is 5.36. The molecule has 0 spiro atoms. The maximum absolute atomic E-state index is 11.7. The summed E-state index contributed by atoms with van der Waals surface area (Å²) in [5.74, 6) is -0.0178. The molecule has 2 rings (SSSR count). The molecule has 0 aromatic carbocycles. The molecule has 1 fully saturated rings. The van der Waals surface area contributed by atoms with Gasteiger partial charge in [-0.1, -0.05) is 0 Å². The quantitative estimate of drug-likeness (QED) is 0.748. The molecular weight excluding hydrogens is 202 g/mol. The van der Waals surface area contributed by atoms with Crippen molar-refractivity contribution in [2.24, 2.45) is 5.92 Å². The Kier molecular flexibility index (Phi) is 3.16. The number of aromatic nitrogens is 1. The zero-order valence-corrected chi connectivity index (χ0v) is 8.97. The van der Waals surface area contributed by atoms with Crippen LogP contribution < -0.4 is 0 Å². The highest BCUT2D eigenvalue weighted by Crippen LogP contribution is 2.19. The van der Waals surface area contributed by atoms with Gasteiger partial charge in [0.15, 0.2) is 0 Å². The zero-order valence-electron chi connectivity index (χ0n) is 8.97. The van der Waals surface area contributed by atoms with Crippen molar-refractivity contribution < 1.29 is 4.79 Å². The first kappa shape index (κ1) is 10.6.